The van der Waals surface area contributed by atoms with Gasteiger partial charge in [0.1, 0.15) is 5.75 Å². The summed E-state index contributed by atoms with van der Waals surface area (Å²) >= 11 is 1.34. The zero-order chi connectivity index (χ0) is 22.2. The fourth-order valence-electron chi connectivity index (χ4n) is 3.09. The number of hydrogen-bond donors (Lipinski definition) is 1. The van der Waals surface area contributed by atoms with Crippen LogP contribution in [0.25, 0.3) is 5.69 Å². The number of nitrogens with zero attached hydrogens (tertiary/aromatic N) is 3. The lowest BCUT2D eigenvalue weighted by Crippen LogP contribution is -2.30. The van der Waals surface area contributed by atoms with Crippen LogP contribution in [0, 0.1) is 0 Å². The van der Waals surface area contributed by atoms with Crippen LogP contribution in [0.15, 0.2) is 66.1 Å². The third-order valence-electron chi connectivity index (χ3n) is 4.73. The highest BCUT2D eigenvalue weighted by atomic mass is 32.2. The van der Waals surface area contributed by atoms with Crippen molar-refractivity contribution in [2.75, 3.05) is 31.3 Å². The van der Waals surface area contributed by atoms with Gasteiger partial charge in [-0.2, -0.15) is 0 Å². The predicted molar refractivity (Wildman–Crippen MR) is 123 cm³/mol. The minimum absolute atomic E-state index is 0.0445. The van der Waals surface area contributed by atoms with Crippen LogP contribution in [-0.4, -0.2) is 52.2 Å². The molecule has 0 saturated carbocycles. The SMILES string of the molecule is CCN(CC)C(=O)c1cccc(NC(=O)CSc2nccn2-c2ccc(OC)cc2)c1. The number of methoxy groups -OCH3 is 1. The van der Waals surface area contributed by atoms with Gasteiger partial charge < -0.3 is 15.0 Å². The van der Waals surface area contributed by atoms with Crippen LogP contribution < -0.4 is 10.1 Å². The highest BCUT2D eigenvalue weighted by molar-refractivity contribution is 7.99. The van der Waals surface area contributed by atoms with Gasteiger partial charge in [0.15, 0.2) is 5.16 Å². The zero-order valence-electron chi connectivity index (χ0n) is 17.9. The molecule has 0 radical (unpaired) electrons. The first-order chi connectivity index (χ1) is 15.0. The first kappa shape index (κ1) is 22.4. The Bertz CT molecular complexity index is 1030. The molecule has 0 aliphatic carbocycles. The number of rotatable bonds is 9. The topological polar surface area (TPSA) is 76.5 Å². The van der Waals surface area contributed by atoms with Crippen molar-refractivity contribution in [1.82, 2.24) is 14.5 Å². The predicted octanol–water partition coefficient (Wildman–Crippen LogP) is 4.09. The number of carbonyl (C=O) groups is 2. The third-order valence-corrected chi connectivity index (χ3v) is 5.70. The van der Waals surface area contributed by atoms with Crippen molar-refractivity contribution < 1.29 is 14.3 Å². The zero-order valence-corrected chi connectivity index (χ0v) is 18.7. The lowest BCUT2D eigenvalue weighted by Gasteiger charge is -2.19. The number of nitrogens with one attached hydrogen (secondary N) is 1. The molecular weight excluding hydrogens is 412 g/mol. The molecule has 3 aromatic rings. The molecule has 0 fully saturated rings. The number of hydrogen-bond acceptors (Lipinski definition) is 5. The van der Waals surface area contributed by atoms with E-state index in [-0.39, 0.29) is 17.6 Å². The van der Waals surface area contributed by atoms with Crippen LogP contribution in [0.4, 0.5) is 5.69 Å². The number of imidazole rings is 1. The van der Waals surface area contributed by atoms with Gasteiger partial charge in [-0.1, -0.05) is 17.8 Å². The van der Waals surface area contributed by atoms with E-state index in [1.807, 2.05) is 48.9 Å². The molecule has 162 valence electrons. The van der Waals surface area contributed by atoms with Crippen molar-refractivity contribution in [1.29, 1.82) is 0 Å². The summed E-state index contributed by atoms with van der Waals surface area (Å²) < 4.78 is 7.11. The number of benzene rings is 2. The molecule has 0 aliphatic rings. The maximum absolute atomic E-state index is 12.5. The number of amides is 2. The number of ether oxygens (including phenoxy) is 1. The van der Waals surface area contributed by atoms with Crippen molar-refractivity contribution >= 4 is 29.3 Å². The van der Waals surface area contributed by atoms with Gasteiger partial charge in [-0.15, -0.1) is 0 Å². The Morgan fingerprint density at radius 1 is 1.13 bits per heavy atom. The second-order valence-electron chi connectivity index (χ2n) is 6.67. The summed E-state index contributed by atoms with van der Waals surface area (Å²) in [5, 5.41) is 3.58. The van der Waals surface area contributed by atoms with Gasteiger partial charge in [0.2, 0.25) is 5.91 Å². The fraction of sp³-hybridized carbons (Fsp3) is 0.261. The Balaban J connectivity index is 1.62. The average Bonchev–Trinajstić information content (AvgIpc) is 3.27. The smallest absolute Gasteiger partial charge is 0.253 e. The van der Waals surface area contributed by atoms with Crippen molar-refractivity contribution in [3.63, 3.8) is 0 Å². The average molecular weight is 439 g/mol. The molecule has 0 saturated heterocycles. The van der Waals surface area contributed by atoms with E-state index in [9.17, 15) is 9.59 Å². The molecule has 2 aromatic carbocycles. The van der Waals surface area contributed by atoms with Crippen LogP contribution in [0.1, 0.15) is 24.2 Å². The van der Waals surface area contributed by atoms with Crippen molar-refractivity contribution in [3.8, 4) is 11.4 Å². The molecule has 2 amide bonds. The normalized spacial score (nSPS) is 10.5. The summed E-state index contributed by atoms with van der Waals surface area (Å²) in [6.07, 6.45) is 3.55. The maximum atomic E-state index is 12.5. The van der Waals surface area contributed by atoms with Gasteiger partial charge in [0, 0.05) is 42.4 Å². The fourth-order valence-corrected chi connectivity index (χ4v) is 3.86. The monoisotopic (exact) mass is 438 g/mol. The molecule has 31 heavy (non-hydrogen) atoms. The Morgan fingerprint density at radius 3 is 2.55 bits per heavy atom. The standard InChI is InChI=1S/C23H26N4O3S/c1-4-26(5-2)22(29)17-7-6-8-18(15-17)25-21(28)16-31-23-24-13-14-27(23)19-9-11-20(30-3)12-10-19/h6-15H,4-5,16H2,1-3H3,(H,25,28). The highest BCUT2D eigenvalue weighted by Gasteiger charge is 2.14. The van der Waals surface area contributed by atoms with E-state index >= 15 is 0 Å². The summed E-state index contributed by atoms with van der Waals surface area (Å²) in [6.45, 7) is 5.17. The van der Waals surface area contributed by atoms with Gasteiger partial charge in [0.05, 0.1) is 12.9 Å². The molecule has 1 heterocycles. The van der Waals surface area contributed by atoms with Crippen LogP contribution in [-0.2, 0) is 4.79 Å². The number of aromatic nitrogens is 2. The molecule has 1 aromatic heterocycles. The summed E-state index contributed by atoms with van der Waals surface area (Å²) in [4.78, 5) is 31.1. The molecule has 0 spiro atoms. The van der Waals surface area contributed by atoms with Crippen LogP contribution in [0.2, 0.25) is 0 Å². The van der Waals surface area contributed by atoms with E-state index in [0.29, 0.717) is 29.5 Å². The second kappa shape index (κ2) is 10.7. The quantitative estimate of drug-likeness (QED) is 0.509. The Morgan fingerprint density at radius 2 is 1.87 bits per heavy atom. The van der Waals surface area contributed by atoms with Crippen LogP contribution in [0.5, 0.6) is 5.75 Å². The first-order valence-corrected chi connectivity index (χ1v) is 11.0. The van der Waals surface area contributed by atoms with E-state index < -0.39 is 0 Å². The molecule has 0 aliphatic heterocycles. The minimum atomic E-state index is -0.165. The highest BCUT2D eigenvalue weighted by Crippen LogP contribution is 2.22. The van der Waals surface area contributed by atoms with E-state index in [4.69, 9.17) is 4.74 Å². The molecular formula is C23H26N4O3S. The van der Waals surface area contributed by atoms with Gasteiger partial charge in [-0.05, 0) is 56.3 Å². The molecule has 3 rings (SSSR count). The molecule has 1 N–H and O–H groups in total. The Kier molecular flexibility index (Phi) is 7.72. The van der Waals surface area contributed by atoms with E-state index in [1.54, 1.807) is 42.5 Å². The summed E-state index contributed by atoms with van der Waals surface area (Å²) in [7, 11) is 1.63. The molecule has 0 unspecified atom stereocenters. The van der Waals surface area contributed by atoms with Crippen molar-refractivity contribution in [2.45, 2.75) is 19.0 Å². The van der Waals surface area contributed by atoms with Gasteiger partial charge in [-0.3, -0.25) is 14.2 Å². The molecule has 7 nitrogen and oxygen atoms in total. The molecule has 0 bridgehead atoms. The summed E-state index contributed by atoms with van der Waals surface area (Å²) in [6, 6.07) is 14.6. The number of anilines is 1. The van der Waals surface area contributed by atoms with Gasteiger partial charge >= 0.3 is 0 Å². The Hall–Kier alpha value is -3.26. The minimum Gasteiger partial charge on any atom is -0.497 e. The lowest BCUT2D eigenvalue weighted by molar-refractivity contribution is -0.113. The van der Waals surface area contributed by atoms with E-state index in [2.05, 4.69) is 10.3 Å². The Labute approximate surface area is 186 Å². The first-order valence-electron chi connectivity index (χ1n) is 10.1. The van der Waals surface area contributed by atoms with E-state index in [0.717, 1.165) is 11.4 Å². The maximum Gasteiger partial charge on any atom is 0.253 e. The summed E-state index contributed by atoms with van der Waals surface area (Å²) in [5.41, 5.74) is 2.09. The van der Waals surface area contributed by atoms with Crippen LogP contribution in [0.3, 0.4) is 0 Å². The van der Waals surface area contributed by atoms with Crippen molar-refractivity contribution in [3.05, 3.63) is 66.5 Å². The third kappa shape index (κ3) is 5.67. The van der Waals surface area contributed by atoms with E-state index in [1.165, 1.54) is 11.8 Å². The molecule has 0 atom stereocenters. The number of carbonyl (C=O) groups excluding carboxylic acids is 2. The second-order valence-corrected chi connectivity index (χ2v) is 7.62. The summed E-state index contributed by atoms with van der Waals surface area (Å²) in [5.74, 6) is 0.763. The van der Waals surface area contributed by atoms with Crippen molar-refractivity contribution in [2.24, 2.45) is 0 Å². The van der Waals surface area contributed by atoms with Crippen LogP contribution >= 0.6 is 11.8 Å². The lowest BCUT2D eigenvalue weighted by atomic mass is 10.1. The largest absolute Gasteiger partial charge is 0.497 e. The van der Waals surface area contributed by atoms with Gasteiger partial charge in [-0.25, -0.2) is 4.98 Å². The molecule has 8 heteroatoms. The van der Waals surface area contributed by atoms with Gasteiger partial charge in [0.25, 0.3) is 5.91 Å². The number of thioether (sulfide) groups is 1.